The standard InChI is InChI=1S/C13H19NO2S/c1-3-15-12-8-10(4-5-11(12)14)17-13-6-7-16-9(13)2/h4-5,8-9,13H,3,6-7,14H2,1-2H3. The molecule has 1 aliphatic heterocycles. The van der Waals surface area contributed by atoms with Crippen LogP contribution in [0.15, 0.2) is 23.1 Å². The van der Waals surface area contributed by atoms with Crippen molar-refractivity contribution in [3.05, 3.63) is 18.2 Å². The first-order valence-electron chi connectivity index (χ1n) is 6.01. The number of ether oxygens (including phenoxy) is 2. The zero-order valence-corrected chi connectivity index (χ0v) is 11.1. The Kier molecular flexibility index (Phi) is 4.18. The molecule has 17 heavy (non-hydrogen) atoms. The second-order valence-electron chi connectivity index (χ2n) is 4.15. The van der Waals surface area contributed by atoms with Gasteiger partial charge in [-0.25, -0.2) is 0 Å². The van der Waals surface area contributed by atoms with Crippen molar-refractivity contribution in [1.29, 1.82) is 0 Å². The molecule has 4 heteroatoms. The van der Waals surface area contributed by atoms with Crippen LogP contribution in [-0.2, 0) is 4.74 Å². The molecule has 0 bridgehead atoms. The zero-order chi connectivity index (χ0) is 12.3. The lowest BCUT2D eigenvalue weighted by molar-refractivity contribution is 0.127. The zero-order valence-electron chi connectivity index (χ0n) is 10.3. The van der Waals surface area contributed by atoms with E-state index in [9.17, 15) is 0 Å². The summed E-state index contributed by atoms with van der Waals surface area (Å²) in [7, 11) is 0. The van der Waals surface area contributed by atoms with E-state index in [-0.39, 0.29) is 0 Å². The minimum atomic E-state index is 0.327. The van der Waals surface area contributed by atoms with Crippen LogP contribution < -0.4 is 10.5 Å². The van der Waals surface area contributed by atoms with Crippen molar-refractivity contribution in [3.63, 3.8) is 0 Å². The van der Waals surface area contributed by atoms with E-state index >= 15 is 0 Å². The van der Waals surface area contributed by atoms with E-state index in [0.29, 0.717) is 23.6 Å². The van der Waals surface area contributed by atoms with Crippen molar-refractivity contribution < 1.29 is 9.47 Å². The molecule has 0 saturated carbocycles. The largest absolute Gasteiger partial charge is 0.492 e. The fourth-order valence-corrected chi connectivity index (χ4v) is 3.07. The van der Waals surface area contributed by atoms with Crippen molar-refractivity contribution >= 4 is 17.4 Å². The minimum Gasteiger partial charge on any atom is -0.492 e. The lowest BCUT2D eigenvalue weighted by Crippen LogP contribution is -2.12. The van der Waals surface area contributed by atoms with Crippen LogP contribution in [0.5, 0.6) is 5.75 Å². The Labute approximate surface area is 107 Å². The summed E-state index contributed by atoms with van der Waals surface area (Å²) in [6.07, 6.45) is 1.44. The lowest BCUT2D eigenvalue weighted by Gasteiger charge is -2.15. The van der Waals surface area contributed by atoms with Crippen molar-refractivity contribution in [2.75, 3.05) is 18.9 Å². The molecule has 0 spiro atoms. The van der Waals surface area contributed by atoms with E-state index in [0.717, 1.165) is 18.8 Å². The number of thioether (sulfide) groups is 1. The molecule has 3 nitrogen and oxygen atoms in total. The third-order valence-electron chi connectivity index (χ3n) is 2.88. The summed E-state index contributed by atoms with van der Waals surface area (Å²) in [5.74, 6) is 0.782. The first-order valence-corrected chi connectivity index (χ1v) is 6.89. The first kappa shape index (κ1) is 12.6. The van der Waals surface area contributed by atoms with Gasteiger partial charge in [-0.15, -0.1) is 11.8 Å². The molecule has 1 saturated heterocycles. The number of rotatable bonds is 4. The molecule has 1 heterocycles. The minimum absolute atomic E-state index is 0.327. The Balaban J connectivity index is 2.07. The Morgan fingerprint density at radius 2 is 2.35 bits per heavy atom. The van der Waals surface area contributed by atoms with Crippen molar-refractivity contribution in [1.82, 2.24) is 0 Å². The molecule has 2 rings (SSSR count). The summed E-state index contributed by atoms with van der Waals surface area (Å²) in [5.41, 5.74) is 6.55. The van der Waals surface area contributed by atoms with Crippen LogP contribution in [0.4, 0.5) is 5.69 Å². The van der Waals surface area contributed by atoms with Gasteiger partial charge in [-0.3, -0.25) is 0 Å². The SMILES string of the molecule is CCOc1cc(SC2CCOC2C)ccc1N. The molecule has 94 valence electrons. The van der Waals surface area contributed by atoms with Gasteiger partial charge >= 0.3 is 0 Å². The summed E-state index contributed by atoms with van der Waals surface area (Å²) in [4.78, 5) is 1.20. The molecule has 1 aromatic carbocycles. The van der Waals surface area contributed by atoms with E-state index < -0.39 is 0 Å². The van der Waals surface area contributed by atoms with Gasteiger partial charge in [0.15, 0.2) is 0 Å². The summed E-state index contributed by atoms with van der Waals surface area (Å²) >= 11 is 1.85. The van der Waals surface area contributed by atoms with Crippen molar-refractivity contribution in [3.8, 4) is 5.75 Å². The van der Waals surface area contributed by atoms with Crippen LogP contribution in [-0.4, -0.2) is 24.6 Å². The van der Waals surface area contributed by atoms with Gasteiger partial charge in [-0.2, -0.15) is 0 Å². The van der Waals surface area contributed by atoms with Gasteiger partial charge in [0.05, 0.1) is 18.4 Å². The lowest BCUT2D eigenvalue weighted by atomic mass is 10.2. The number of hydrogen-bond acceptors (Lipinski definition) is 4. The number of nitrogen functional groups attached to an aromatic ring is 1. The fraction of sp³-hybridized carbons (Fsp3) is 0.538. The average molecular weight is 253 g/mol. The second-order valence-corrected chi connectivity index (χ2v) is 5.47. The topological polar surface area (TPSA) is 44.5 Å². The molecule has 0 radical (unpaired) electrons. The molecule has 1 aliphatic rings. The molecule has 0 aliphatic carbocycles. The summed E-state index contributed by atoms with van der Waals surface area (Å²) in [5, 5.41) is 0.535. The first-order chi connectivity index (χ1) is 8.20. The highest BCUT2D eigenvalue weighted by molar-refractivity contribution is 8.00. The number of nitrogens with two attached hydrogens (primary N) is 1. The molecular formula is C13H19NO2S. The van der Waals surface area contributed by atoms with Gasteiger partial charge in [0.1, 0.15) is 5.75 Å². The maximum atomic E-state index is 5.85. The molecule has 2 N–H and O–H groups in total. The van der Waals surface area contributed by atoms with E-state index in [2.05, 4.69) is 6.92 Å². The smallest absolute Gasteiger partial charge is 0.143 e. The van der Waals surface area contributed by atoms with Crippen molar-refractivity contribution in [2.45, 2.75) is 36.5 Å². The van der Waals surface area contributed by atoms with Crippen LogP contribution in [0.1, 0.15) is 20.3 Å². The Bertz CT molecular complexity index is 384. The highest BCUT2D eigenvalue weighted by Crippen LogP contribution is 2.35. The third kappa shape index (κ3) is 3.07. The number of benzene rings is 1. The molecule has 2 unspecified atom stereocenters. The maximum absolute atomic E-state index is 5.85. The predicted molar refractivity (Wildman–Crippen MR) is 71.7 cm³/mol. The summed E-state index contributed by atoms with van der Waals surface area (Å²) in [6.45, 7) is 5.60. The van der Waals surface area contributed by atoms with E-state index in [1.54, 1.807) is 0 Å². The second kappa shape index (κ2) is 5.65. The average Bonchev–Trinajstić information content (AvgIpc) is 2.70. The van der Waals surface area contributed by atoms with Gasteiger partial charge < -0.3 is 15.2 Å². The molecule has 2 atom stereocenters. The predicted octanol–water partition coefficient (Wildman–Crippen LogP) is 2.94. The van der Waals surface area contributed by atoms with Crippen LogP contribution in [0, 0.1) is 0 Å². The molecule has 0 amide bonds. The number of anilines is 1. The molecular weight excluding hydrogens is 234 g/mol. The summed E-state index contributed by atoms with van der Waals surface area (Å²) < 4.78 is 11.1. The van der Waals surface area contributed by atoms with Gasteiger partial charge in [0, 0.05) is 16.8 Å². The third-order valence-corrected chi connectivity index (χ3v) is 4.33. The summed E-state index contributed by atoms with van der Waals surface area (Å²) in [6, 6.07) is 5.98. The quantitative estimate of drug-likeness (QED) is 0.838. The van der Waals surface area contributed by atoms with E-state index in [1.807, 2.05) is 36.9 Å². The Morgan fingerprint density at radius 3 is 3.00 bits per heavy atom. The van der Waals surface area contributed by atoms with Crippen LogP contribution >= 0.6 is 11.8 Å². The van der Waals surface area contributed by atoms with Gasteiger partial charge in [-0.1, -0.05) is 0 Å². The van der Waals surface area contributed by atoms with Gasteiger partial charge in [0.2, 0.25) is 0 Å². The van der Waals surface area contributed by atoms with E-state index in [1.165, 1.54) is 4.90 Å². The molecule has 0 aromatic heterocycles. The fourth-order valence-electron chi connectivity index (χ4n) is 1.91. The maximum Gasteiger partial charge on any atom is 0.143 e. The van der Waals surface area contributed by atoms with Crippen LogP contribution in [0.25, 0.3) is 0 Å². The highest BCUT2D eigenvalue weighted by atomic mass is 32.2. The molecule has 1 fully saturated rings. The van der Waals surface area contributed by atoms with Crippen LogP contribution in [0.3, 0.4) is 0 Å². The highest BCUT2D eigenvalue weighted by Gasteiger charge is 2.25. The Morgan fingerprint density at radius 1 is 1.53 bits per heavy atom. The van der Waals surface area contributed by atoms with Gasteiger partial charge in [0.25, 0.3) is 0 Å². The Hall–Kier alpha value is -0.870. The number of hydrogen-bond donors (Lipinski definition) is 1. The van der Waals surface area contributed by atoms with Gasteiger partial charge in [-0.05, 0) is 38.5 Å². The van der Waals surface area contributed by atoms with Crippen molar-refractivity contribution in [2.24, 2.45) is 0 Å². The molecule has 1 aromatic rings. The normalized spacial score (nSPS) is 23.9. The monoisotopic (exact) mass is 253 g/mol. The van der Waals surface area contributed by atoms with Crippen LogP contribution in [0.2, 0.25) is 0 Å². The van der Waals surface area contributed by atoms with E-state index in [4.69, 9.17) is 15.2 Å².